The quantitative estimate of drug-likeness (QED) is 0.601. The fraction of sp³-hybridized carbons (Fsp3) is 0.318. The summed E-state index contributed by atoms with van der Waals surface area (Å²) < 4.78 is 11.1. The average molecular weight is 410 g/mol. The highest BCUT2D eigenvalue weighted by Crippen LogP contribution is 2.41. The van der Waals surface area contributed by atoms with Gasteiger partial charge in [0.05, 0.1) is 38.1 Å². The first-order valence-corrected chi connectivity index (χ1v) is 10.5. The van der Waals surface area contributed by atoms with Gasteiger partial charge in [-0.1, -0.05) is 30.3 Å². The molecule has 6 nitrogen and oxygen atoms in total. The van der Waals surface area contributed by atoms with Crippen molar-refractivity contribution < 1.29 is 14.3 Å². The second kappa shape index (κ2) is 8.61. The molecule has 4 rings (SSSR count). The highest BCUT2D eigenvalue weighted by atomic mass is 32.1. The van der Waals surface area contributed by atoms with E-state index in [4.69, 9.17) is 14.5 Å². The van der Waals surface area contributed by atoms with E-state index >= 15 is 0 Å². The molecule has 1 aliphatic rings. The number of nitrogens with zero attached hydrogens (tertiary/aromatic N) is 3. The molecule has 1 aromatic carbocycles. The predicted octanol–water partition coefficient (Wildman–Crippen LogP) is 4.48. The topological polar surface area (TPSA) is 64.6 Å². The maximum Gasteiger partial charge on any atom is 0.223 e. The first-order chi connectivity index (χ1) is 14.2. The summed E-state index contributed by atoms with van der Waals surface area (Å²) in [7, 11) is 3.21. The highest BCUT2D eigenvalue weighted by molar-refractivity contribution is 7.13. The van der Waals surface area contributed by atoms with Gasteiger partial charge in [0.2, 0.25) is 11.8 Å². The van der Waals surface area contributed by atoms with E-state index in [2.05, 4.69) is 4.98 Å². The zero-order valence-corrected chi connectivity index (χ0v) is 17.3. The van der Waals surface area contributed by atoms with Gasteiger partial charge in [0, 0.05) is 23.6 Å². The summed E-state index contributed by atoms with van der Waals surface area (Å²) in [5.74, 6) is 1.30. The van der Waals surface area contributed by atoms with Crippen LogP contribution in [-0.2, 0) is 11.3 Å². The number of ether oxygens (including phenoxy) is 2. The number of carbonyl (C=O) groups excluding carboxylic acids is 1. The van der Waals surface area contributed by atoms with Gasteiger partial charge in [0.15, 0.2) is 0 Å². The molecule has 0 aliphatic carbocycles. The molecule has 0 bridgehead atoms. The number of hydrogen-bond acceptors (Lipinski definition) is 6. The Balaban J connectivity index is 1.65. The Kier molecular flexibility index (Phi) is 5.76. The largest absolute Gasteiger partial charge is 0.496 e. The van der Waals surface area contributed by atoms with Crippen molar-refractivity contribution in [1.29, 1.82) is 0 Å². The minimum atomic E-state index is -0.156. The summed E-state index contributed by atoms with van der Waals surface area (Å²) in [5, 5.41) is 2.98. The van der Waals surface area contributed by atoms with Crippen LogP contribution in [0.3, 0.4) is 0 Å². The van der Waals surface area contributed by atoms with Gasteiger partial charge in [-0.15, -0.1) is 11.3 Å². The first-order valence-electron chi connectivity index (χ1n) is 9.57. The van der Waals surface area contributed by atoms with E-state index in [-0.39, 0.29) is 11.9 Å². The van der Waals surface area contributed by atoms with Crippen molar-refractivity contribution in [3.63, 3.8) is 0 Å². The van der Waals surface area contributed by atoms with Crippen LogP contribution >= 0.6 is 11.3 Å². The van der Waals surface area contributed by atoms with Crippen LogP contribution in [0.2, 0.25) is 0 Å². The molecule has 150 valence electrons. The lowest BCUT2D eigenvalue weighted by Gasteiger charge is -2.36. The summed E-state index contributed by atoms with van der Waals surface area (Å²) in [6.45, 7) is 0.452. The maximum atomic E-state index is 12.9. The number of piperidine rings is 1. The summed E-state index contributed by atoms with van der Waals surface area (Å²) >= 11 is 1.59. The molecule has 1 aliphatic heterocycles. The summed E-state index contributed by atoms with van der Waals surface area (Å²) in [6.07, 6.45) is 3.85. The van der Waals surface area contributed by atoms with E-state index in [1.54, 1.807) is 31.8 Å². The molecule has 0 saturated carbocycles. The number of amides is 1. The first kappa shape index (κ1) is 19.4. The number of thiazole rings is 1. The van der Waals surface area contributed by atoms with Crippen molar-refractivity contribution in [1.82, 2.24) is 14.9 Å². The SMILES string of the molecule is COc1ccnc(OC)c1C1CCCC(=O)N1Cc1csc(-c2ccccc2)n1. The number of rotatable bonds is 6. The van der Waals surface area contributed by atoms with Crippen LogP contribution in [0, 0.1) is 0 Å². The number of carbonyl (C=O) groups is 1. The minimum Gasteiger partial charge on any atom is -0.496 e. The monoisotopic (exact) mass is 409 g/mol. The lowest BCUT2D eigenvalue weighted by molar-refractivity contribution is -0.137. The molecule has 1 saturated heterocycles. The van der Waals surface area contributed by atoms with Crippen LogP contribution in [0.5, 0.6) is 11.6 Å². The van der Waals surface area contributed by atoms with E-state index in [0.717, 1.165) is 34.7 Å². The van der Waals surface area contributed by atoms with E-state index in [0.29, 0.717) is 24.6 Å². The molecule has 7 heteroatoms. The summed E-state index contributed by atoms with van der Waals surface area (Å²) in [4.78, 5) is 23.8. The van der Waals surface area contributed by atoms with Gasteiger partial charge in [-0.25, -0.2) is 9.97 Å². The van der Waals surface area contributed by atoms with Crippen molar-refractivity contribution in [3.8, 4) is 22.2 Å². The third kappa shape index (κ3) is 3.96. The number of aromatic nitrogens is 2. The smallest absolute Gasteiger partial charge is 0.223 e. The number of benzene rings is 1. The third-order valence-corrected chi connectivity index (χ3v) is 6.07. The molecule has 2 aromatic heterocycles. The van der Waals surface area contributed by atoms with E-state index in [1.807, 2.05) is 46.7 Å². The van der Waals surface area contributed by atoms with Crippen molar-refractivity contribution in [2.75, 3.05) is 14.2 Å². The molecule has 3 heterocycles. The third-order valence-electron chi connectivity index (χ3n) is 5.13. The standard InChI is InChI=1S/C22H23N3O3S/c1-27-18-11-12-23-21(28-2)20(18)17-9-6-10-19(26)25(17)13-16-14-29-22(24-16)15-7-4-3-5-8-15/h3-5,7-8,11-12,14,17H,6,9-10,13H2,1-2H3. The molecule has 1 atom stereocenters. The zero-order valence-electron chi connectivity index (χ0n) is 16.5. The van der Waals surface area contributed by atoms with Crippen LogP contribution in [-0.4, -0.2) is 35.0 Å². The molecule has 1 amide bonds. The molecular weight excluding hydrogens is 386 g/mol. The highest BCUT2D eigenvalue weighted by Gasteiger charge is 2.34. The second-order valence-corrected chi connectivity index (χ2v) is 7.73. The van der Waals surface area contributed by atoms with Gasteiger partial charge in [0.1, 0.15) is 10.8 Å². The predicted molar refractivity (Wildman–Crippen MR) is 112 cm³/mol. The molecule has 1 unspecified atom stereocenters. The Morgan fingerprint density at radius 3 is 2.76 bits per heavy atom. The van der Waals surface area contributed by atoms with Crippen molar-refractivity contribution in [2.24, 2.45) is 0 Å². The van der Waals surface area contributed by atoms with Crippen LogP contribution in [0.15, 0.2) is 48.0 Å². The lowest BCUT2D eigenvalue weighted by Crippen LogP contribution is -2.38. The van der Waals surface area contributed by atoms with Gasteiger partial charge >= 0.3 is 0 Å². The van der Waals surface area contributed by atoms with E-state index in [9.17, 15) is 4.79 Å². The van der Waals surface area contributed by atoms with Gasteiger partial charge in [-0.2, -0.15) is 0 Å². The normalized spacial score (nSPS) is 16.7. The van der Waals surface area contributed by atoms with Gasteiger partial charge in [-0.05, 0) is 18.9 Å². The maximum absolute atomic E-state index is 12.9. The van der Waals surface area contributed by atoms with Gasteiger partial charge < -0.3 is 14.4 Å². The van der Waals surface area contributed by atoms with E-state index in [1.165, 1.54) is 0 Å². The Hall–Kier alpha value is -2.93. The Labute approximate surface area is 174 Å². The molecule has 3 aromatic rings. The second-order valence-electron chi connectivity index (χ2n) is 6.88. The van der Waals surface area contributed by atoms with Crippen molar-refractivity contribution >= 4 is 17.2 Å². The Bertz CT molecular complexity index is 968. The summed E-state index contributed by atoms with van der Waals surface area (Å²) in [6, 6.07) is 11.7. The number of methoxy groups -OCH3 is 2. The van der Waals surface area contributed by atoms with Gasteiger partial charge in [0.25, 0.3) is 0 Å². The molecule has 29 heavy (non-hydrogen) atoms. The lowest BCUT2D eigenvalue weighted by atomic mass is 9.94. The molecule has 0 N–H and O–H groups in total. The molecule has 0 radical (unpaired) electrons. The number of likely N-dealkylation sites (tertiary alicyclic amines) is 1. The average Bonchev–Trinajstić information content (AvgIpc) is 3.24. The van der Waals surface area contributed by atoms with Crippen LogP contribution < -0.4 is 9.47 Å². The Morgan fingerprint density at radius 1 is 1.17 bits per heavy atom. The molecular formula is C22H23N3O3S. The van der Waals surface area contributed by atoms with Crippen LogP contribution in [0.25, 0.3) is 10.6 Å². The zero-order chi connectivity index (χ0) is 20.2. The van der Waals surface area contributed by atoms with Crippen LogP contribution in [0.1, 0.15) is 36.6 Å². The molecule has 0 spiro atoms. The fourth-order valence-corrected chi connectivity index (χ4v) is 4.59. The van der Waals surface area contributed by atoms with Crippen molar-refractivity contribution in [3.05, 3.63) is 59.2 Å². The van der Waals surface area contributed by atoms with Gasteiger partial charge in [-0.3, -0.25) is 4.79 Å². The fourth-order valence-electron chi connectivity index (χ4n) is 3.77. The molecule has 1 fully saturated rings. The van der Waals surface area contributed by atoms with Crippen LogP contribution in [0.4, 0.5) is 0 Å². The Morgan fingerprint density at radius 2 is 2.00 bits per heavy atom. The minimum absolute atomic E-state index is 0.114. The van der Waals surface area contributed by atoms with E-state index < -0.39 is 0 Å². The summed E-state index contributed by atoms with van der Waals surface area (Å²) in [5.41, 5.74) is 2.79. The van der Waals surface area contributed by atoms with Crippen molar-refractivity contribution in [2.45, 2.75) is 31.8 Å². The number of pyridine rings is 1. The number of hydrogen-bond donors (Lipinski definition) is 0.